The predicted octanol–water partition coefficient (Wildman–Crippen LogP) is 11.9. The van der Waals surface area contributed by atoms with Gasteiger partial charge in [-0.3, -0.25) is 0 Å². The Balaban J connectivity index is 1.40. The first-order valence-corrected chi connectivity index (χ1v) is 20.3. The Hall–Kier alpha value is -5.74. The van der Waals surface area contributed by atoms with E-state index in [1.807, 2.05) is 0 Å². The predicted molar refractivity (Wildman–Crippen MR) is 244 cm³/mol. The maximum Gasteiger partial charge on any atom is 0.333 e. The van der Waals surface area contributed by atoms with E-state index in [0.717, 1.165) is 0 Å². The van der Waals surface area contributed by atoms with Gasteiger partial charge in [-0.05, 0) is 140 Å². The van der Waals surface area contributed by atoms with E-state index in [4.69, 9.17) is 0 Å². The molecule has 0 N–H and O–H groups in total. The van der Waals surface area contributed by atoms with E-state index in [-0.39, 0.29) is 17.7 Å². The molecular formula is C52H48BN3. The maximum atomic E-state index is 2.73. The molecule has 0 fully saturated rings. The first-order chi connectivity index (χ1) is 26.7. The zero-order valence-electron chi connectivity index (χ0n) is 34.3. The van der Waals surface area contributed by atoms with Crippen molar-refractivity contribution in [1.82, 2.24) is 9.05 Å². The fraction of sp³-hybridized carbons (Fsp3) is 0.231. The van der Waals surface area contributed by atoms with Crippen LogP contribution in [0.1, 0.15) is 63.8 Å². The second kappa shape index (κ2) is 11.0. The van der Waals surface area contributed by atoms with Crippen LogP contribution < -0.4 is 15.8 Å². The summed E-state index contributed by atoms with van der Waals surface area (Å²) in [6.07, 6.45) is 0. The summed E-state index contributed by atoms with van der Waals surface area (Å²) in [7, 11) is 4.33. The zero-order valence-corrected chi connectivity index (χ0v) is 34.3. The molecule has 2 aromatic heterocycles. The summed E-state index contributed by atoms with van der Waals surface area (Å²) in [5.74, 6) is 0. The number of nitrogens with zero attached hydrogens (tertiary/aromatic N) is 3. The maximum absolute atomic E-state index is 2.73. The molecule has 0 saturated carbocycles. The number of aryl methyl sites for hydroxylation is 2. The number of benzene rings is 7. The van der Waals surface area contributed by atoms with Crippen molar-refractivity contribution in [2.75, 3.05) is 19.0 Å². The van der Waals surface area contributed by atoms with Crippen molar-refractivity contribution in [3.63, 3.8) is 0 Å². The molecule has 56 heavy (non-hydrogen) atoms. The summed E-state index contributed by atoms with van der Waals surface area (Å²) >= 11 is 0. The molecule has 0 radical (unpaired) electrons. The van der Waals surface area contributed by atoms with Crippen LogP contribution in [0.4, 0.5) is 5.69 Å². The van der Waals surface area contributed by atoms with Gasteiger partial charge in [0.1, 0.15) is 0 Å². The molecule has 0 spiro atoms. The van der Waals surface area contributed by atoms with E-state index in [1.54, 1.807) is 0 Å². The lowest BCUT2D eigenvalue weighted by Gasteiger charge is -2.35. The van der Waals surface area contributed by atoms with Crippen LogP contribution in [-0.4, -0.2) is 30.0 Å². The van der Waals surface area contributed by atoms with Gasteiger partial charge in [-0.1, -0.05) is 96.1 Å². The van der Waals surface area contributed by atoms with Crippen LogP contribution in [0.2, 0.25) is 0 Å². The third-order valence-corrected chi connectivity index (χ3v) is 13.2. The smallest absolute Gasteiger partial charge is 0.333 e. The molecule has 0 atom stereocenters. The summed E-state index contributed by atoms with van der Waals surface area (Å²) in [6, 6.07) is 42.7. The van der Waals surface area contributed by atoms with Gasteiger partial charge in [0.15, 0.2) is 0 Å². The van der Waals surface area contributed by atoms with Crippen molar-refractivity contribution in [3.8, 4) is 27.9 Å². The molecule has 3 nitrogen and oxygen atoms in total. The van der Waals surface area contributed by atoms with Gasteiger partial charge in [0.25, 0.3) is 0 Å². The minimum Gasteiger partial charge on any atom is -0.378 e. The fourth-order valence-corrected chi connectivity index (χ4v) is 10.4. The number of hydrogen-bond acceptors (Lipinski definition) is 1. The topological polar surface area (TPSA) is 13.1 Å². The van der Waals surface area contributed by atoms with Crippen LogP contribution in [0.25, 0.3) is 82.3 Å². The standard InChI is InChI=1S/C52H48BN3/c1-29-14-13-15-30(2)45(29)31-18-21-42-39(24-31)47-36-17-12-11-16-35(36)46-40-27-33(52(6,7)8)26-38-37-25-32(51(3,4)5)19-22-43(37)56(49(38)40)53-41-28-34(54(9)10)20-23-44(41)55(42)50(47)48(46)53/h11-28H,1-10H3. The number of hydrogen-bond donors (Lipinski definition) is 0. The van der Waals surface area contributed by atoms with Crippen molar-refractivity contribution in [1.29, 1.82) is 0 Å². The monoisotopic (exact) mass is 725 g/mol. The summed E-state index contributed by atoms with van der Waals surface area (Å²) in [6.45, 7) is 18.6. The lowest BCUT2D eigenvalue weighted by Crippen LogP contribution is -2.55. The van der Waals surface area contributed by atoms with Gasteiger partial charge in [-0.15, -0.1) is 0 Å². The molecule has 7 aromatic carbocycles. The van der Waals surface area contributed by atoms with Crippen molar-refractivity contribution in [2.45, 2.75) is 66.2 Å². The van der Waals surface area contributed by atoms with E-state index >= 15 is 0 Å². The van der Waals surface area contributed by atoms with E-state index in [0.29, 0.717) is 0 Å². The Morgan fingerprint density at radius 1 is 0.554 bits per heavy atom. The van der Waals surface area contributed by atoms with E-state index < -0.39 is 0 Å². The van der Waals surface area contributed by atoms with Gasteiger partial charge in [0.05, 0.1) is 11.0 Å². The van der Waals surface area contributed by atoms with Crippen molar-refractivity contribution in [3.05, 3.63) is 131 Å². The molecule has 274 valence electrons. The average Bonchev–Trinajstić information content (AvgIpc) is 3.68. The van der Waals surface area contributed by atoms with Gasteiger partial charge in [-0.2, -0.15) is 0 Å². The summed E-state index contributed by atoms with van der Waals surface area (Å²) < 4.78 is 5.35. The van der Waals surface area contributed by atoms with E-state index in [2.05, 4.69) is 193 Å². The average molecular weight is 726 g/mol. The Morgan fingerprint density at radius 3 is 1.96 bits per heavy atom. The normalized spacial score (nSPS) is 13.5. The Morgan fingerprint density at radius 2 is 1.25 bits per heavy atom. The molecule has 0 bridgehead atoms. The minimum absolute atomic E-state index is 0.00428. The minimum atomic E-state index is -0.0268. The second-order valence-electron chi connectivity index (χ2n) is 19.0. The Kier molecular flexibility index (Phi) is 6.58. The number of anilines is 1. The first kappa shape index (κ1) is 33.6. The Bertz CT molecular complexity index is 3190. The molecule has 0 aliphatic carbocycles. The van der Waals surface area contributed by atoms with Crippen LogP contribution >= 0.6 is 0 Å². The SMILES string of the molecule is Cc1cccc(C)c1-c1ccc2c(c1)c1c3ccccc3c3c4c1n2-c1ccc(N(C)C)cc1B4n1c2ccc(C(C)(C)C)cc2c2cc(C(C)(C)C)cc-3c21. The van der Waals surface area contributed by atoms with Crippen LogP contribution in [0.15, 0.2) is 109 Å². The third kappa shape index (κ3) is 4.30. The molecule has 4 heterocycles. The molecule has 2 aliphatic heterocycles. The molecule has 0 saturated heterocycles. The largest absolute Gasteiger partial charge is 0.378 e. The third-order valence-electron chi connectivity index (χ3n) is 13.2. The highest BCUT2D eigenvalue weighted by Gasteiger charge is 2.43. The van der Waals surface area contributed by atoms with Crippen LogP contribution in [-0.2, 0) is 10.8 Å². The molecule has 4 heteroatoms. The highest BCUT2D eigenvalue weighted by atomic mass is 15.1. The van der Waals surface area contributed by atoms with Gasteiger partial charge < -0.3 is 13.9 Å². The lowest BCUT2D eigenvalue weighted by molar-refractivity contribution is 0.590. The van der Waals surface area contributed by atoms with Crippen LogP contribution in [0, 0.1) is 13.8 Å². The highest BCUT2D eigenvalue weighted by molar-refractivity contribution is 6.90. The molecule has 9 aromatic rings. The number of aromatic nitrogens is 2. The van der Waals surface area contributed by atoms with Gasteiger partial charge >= 0.3 is 6.85 Å². The summed E-state index contributed by atoms with van der Waals surface area (Å²) in [5.41, 5.74) is 21.2. The molecular weight excluding hydrogens is 677 g/mol. The summed E-state index contributed by atoms with van der Waals surface area (Å²) in [4.78, 5) is 2.25. The van der Waals surface area contributed by atoms with Gasteiger partial charge in [0, 0.05) is 63.6 Å². The fourth-order valence-electron chi connectivity index (χ4n) is 10.4. The second-order valence-corrected chi connectivity index (χ2v) is 19.0. The first-order valence-electron chi connectivity index (χ1n) is 20.3. The molecule has 0 unspecified atom stereocenters. The molecule has 11 rings (SSSR count). The summed E-state index contributed by atoms with van der Waals surface area (Å²) in [5, 5.41) is 8.04. The Labute approximate surface area is 330 Å². The molecule has 2 aliphatic rings. The van der Waals surface area contributed by atoms with E-state index in [1.165, 1.54) is 121 Å². The number of rotatable bonds is 2. The van der Waals surface area contributed by atoms with E-state index in [9.17, 15) is 0 Å². The van der Waals surface area contributed by atoms with Crippen molar-refractivity contribution >= 4 is 77.8 Å². The van der Waals surface area contributed by atoms with Gasteiger partial charge in [0.2, 0.25) is 0 Å². The molecule has 0 amide bonds. The van der Waals surface area contributed by atoms with Crippen molar-refractivity contribution in [2.24, 2.45) is 0 Å². The quantitative estimate of drug-likeness (QED) is 0.162. The zero-order chi connectivity index (χ0) is 38.7. The van der Waals surface area contributed by atoms with Crippen molar-refractivity contribution < 1.29 is 0 Å². The van der Waals surface area contributed by atoms with Gasteiger partial charge in [-0.25, -0.2) is 0 Å². The number of fused-ring (bicyclic) bond motifs is 14. The lowest BCUT2D eigenvalue weighted by atomic mass is 9.45. The van der Waals surface area contributed by atoms with Crippen LogP contribution in [0.5, 0.6) is 0 Å². The van der Waals surface area contributed by atoms with Crippen LogP contribution in [0.3, 0.4) is 0 Å². The highest BCUT2D eigenvalue weighted by Crippen LogP contribution is 2.49.